The zero-order chi connectivity index (χ0) is 23.2. The van der Waals surface area contributed by atoms with Gasteiger partial charge in [-0.15, -0.1) is 0 Å². The van der Waals surface area contributed by atoms with Crippen LogP contribution >= 0.6 is 0 Å². The van der Waals surface area contributed by atoms with Crippen LogP contribution in [0.1, 0.15) is 34.5 Å². The zero-order valence-electron chi connectivity index (χ0n) is 17.8. The number of aryl methyl sites for hydroxylation is 1. The van der Waals surface area contributed by atoms with Crippen LogP contribution in [0.5, 0.6) is 5.88 Å². The Morgan fingerprint density at radius 3 is 2.55 bits per heavy atom. The van der Waals surface area contributed by atoms with E-state index in [1.165, 1.54) is 6.07 Å². The Hall–Kier alpha value is -3.49. The van der Waals surface area contributed by atoms with Gasteiger partial charge in [0.25, 0.3) is 5.91 Å². The summed E-state index contributed by atoms with van der Waals surface area (Å²) in [6.45, 7) is 2.53. The average molecular weight is 454 g/mol. The van der Waals surface area contributed by atoms with Crippen molar-refractivity contribution in [2.75, 3.05) is 6.54 Å². The van der Waals surface area contributed by atoms with Gasteiger partial charge in [-0.25, -0.2) is 4.98 Å². The molecule has 1 aliphatic carbocycles. The first-order valence-electron chi connectivity index (χ1n) is 10.7. The third kappa shape index (κ3) is 4.03. The molecule has 0 unspecified atom stereocenters. The second-order valence-corrected chi connectivity index (χ2v) is 8.47. The van der Waals surface area contributed by atoms with E-state index in [0.29, 0.717) is 23.5 Å². The molecule has 33 heavy (non-hydrogen) atoms. The average Bonchev–Trinajstić information content (AvgIpc) is 3.39. The Balaban J connectivity index is 1.37. The molecule has 2 bridgehead atoms. The summed E-state index contributed by atoms with van der Waals surface area (Å²) in [5.41, 5.74) is 1.83. The molecule has 1 saturated carbocycles. The van der Waals surface area contributed by atoms with E-state index < -0.39 is 11.7 Å². The van der Waals surface area contributed by atoms with Gasteiger partial charge in [0.2, 0.25) is 5.88 Å². The maximum absolute atomic E-state index is 13.5. The molecule has 6 nitrogen and oxygen atoms in total. The molecule has 3 aromatic heterocycles. The van der Waals surface area contributed by atoms with Crippen molar-refractivity contribution in [1.82, 2.24) is 19.9 Å². The summed E-state index contributed by atoms with van der Waals surface area (Å²) < 4.78 is 44.3. The predicted octanol–water partition coefficient (Wildman–Crippen LogP) is 4.55. The lowest BCUT2D eigenvalue weighted by atomic mass is 10.0. The second-order valence-electron chi connectivity index (χ2n) is 8.47. The highest BCUT2D eigenvalue weighted by Gasteiger charge is 2.49. The Morgan fingerprint density at radius 1 is 1.06 bits per heavy atom. The number of piperidine rings is 1. The fraction of sp³-hybridized carbons (Fsp3) is 0.333. The van der Waals surface area contributed by atoms with Crippen molar-refractivity contribution in [1.29, 1.82) is 0 Å². The number of aromatic nitrogens is 3. The van der Waals surface area contributed by atoms with E-state index in [1.54, 1.807) is 23.4 Å². The van der Waals surface area contributed by atoms with E-state index in [-0.39, 0.29) is 29.9 Å². The third-order valence-electron chi connectivity index (χ3n) is 6.30. The van der Waals surface area contributed by atoms with Crippen LogP contribution in [0.3, 0.4) is 0 Å². The van der Waals surface area contributed by atoms with E-state index in [1.807, 2.05) is 25.1 Å². The van der Waals surface area contributed by atoms with E-state index in [4.69, 9.17) is 4.74 Å². The minimum atomic E-state index is -4.45. The number of carbonyl (C=O) groups is 1. The summed E-state index contributed by atoms with van der Waals surface area (Å²) in [5, 5.41) is 0. The fourth-order valence-corrected chi connectivity index (χ4v) is 4.77. The lowest BCUT2D eigenvalue weighted by Crippen LogP contribution is -2.47. The summed E-state index contributed by atoms with van der Waals surface area (Å²) in [6.07, 6.45) is 0.758. The summed E-state index contributed by atoms with van der Waals surface area (Å²) >= 11 is 0. The number of pyridine rings is 3. The highest BCUT2D eigenvalue weighted by Crippen LogP contribution is 2.41. The molecule has 3 aromatic rings. The largest absolute Gasteiger partial charge is 0.472 e. The number of nitrogens with zero attached hydrogens (tertiary/aromatic N) is 4. The Bertz CT molecular complexity index is 1180. The van der Waals surface area contributed by atoms with E-state index in [9.17, 15) is 18.0 Å². The fourth-order valence-electron chi connectivity index (χ4n) is 4.77. The molecule has 4 heterocycles. The molecule has 2 fully saturated rings. The highest BCUT2D eigenvalue weighted by molar-refractivity contribution is 5.99. The summed E-state index contributed by atoms with van der Waals surface area (Å²) in [7, 11) is 0. The van der Waals surface area contributed by atoms with Gasteiger partial charge in [0.15, 0.2) is 0 Å². The first kappa shape index (κ1) is 21.4. The molecule has 0 radical (unpaired) electrons. The van der Waals surface area contributed by atoms with Gasteiger partial charge >= 0.3 is 6.18 Å². The van der Waals surface area contributed by atoms with Crippen molar-refractivity contribution in [3.63, 3.8) is 0 Å². The number of hydrogen-bond donors (Lipinski definition) is 0. The summed E-state index contributed by atoms with van der Waals surface area (Å²) in [4.78, 5) is 27.9. The van der Waals surface area contributed by atoms with Crippen LogP contribution in [0.15, 0.2) is 55.0 Å². The Morgan fingerprint density at radius 2 is 1.85 bits per heavy atom. The first-order valence-corrected chi connectivity index (χ1v) is 10.7. The van der Waals surface area contributed by atoms with Crippen molar-refractivity contribution >= 4 is 5.91 Å². The first-order chi connectivity index (χ1) is 15.8. The van der Waals surface area contributed by atoms with Crippen LogP contribution in [0.2, 0.25) is 0 Å². The number of alkyl halides is 3. The van der Waals surface area contributed by atoms with Gasteiger partial charge in [-0.2, -0.15) is 13.2 Å². The van der Waals surface area contributed by atoms with Crippen LogP contribution in [-0.2, 0) is 6.18 Å². The Labute approximate surface area is 188 Å². The molecule has 1 amide bonds. The second kappa shape index (κ2) is 8.13. The molecule has 0 spiro atoms. The van der Waals surface area contributed by atoms with E-state index in [2.05, 4.69) is 15.0 Å². The molecule has 3 atom stereocenters. The quantitative estimate of drug-likeness (QED) is 0.579. The van der Waals surface area contributed by atoms with Crippen LogP contribution in [0.25, 0.3) is 11.3 Å². The number of rotatable bonds is 4. The van der Waals surface area contributed by atoms with Crippen LogP contribution in [-0.4, -0.2) is 44.4 Å². The highest BCUT2D eigenvalue weighted by atomic mass is 19.4. The van der Waals surface area contributed by atoms with Crippen molar-refractivity contribution < 1.29 is 22.7 Å². The number of likely N-dealkylation sites (tertiary alicyclic amines) is 1. The number of halogens is 3. The molecule has 0 aromatic carbocycles. The van der Waals surface area contributed by atoms with Gasteiger partial charge in [0, 0.05) is 36.8 Å². The van der Waals surface area contributed by atoms with E-state index >= 15 is 0 Å². The van der Waals surface area contributed by atoms with E-state index in [0.717, 1.165) is 30.7 Å². The van der Waals surface area contributed by atoms with Crippen LogP contribution in [0, 0.1) is 12.8 Å². The molecular formula is C24H21F3N4O2. The monoisotopic (exact) mass is 454 g/mol. The normalized spacial score (nSPS) is 21.9. The molecule has 5 rings (SSSR count). The Kier molecular flexibility index (Phi) is 5.26. The van der Waals surface area contributed by atoms with Gasteiger partial charge in [-0.05, 0) is 55.5 Å². The molecule has 1 aliphatic heterocycles. The van der Waals surface area contributed by atoms with Crippen LogP contribution < -0.4 is 4.74 Å². The third-order valence-corrected chi connectivity index (χ3v) is 6.30. The van der Waals surface area contributed by atoms with Crippen molar-refractivity contribution in [2.24, 2.45) is 5.92 Å². The molecule has 170 valence electrons. The lowest BCUT2D eigenvalue weighted by molar-refractivity contribution is -0.137. The van der Waals surface area contributed by atoms with Crippen molar-refractivity contribution in [3.8, 4) is 17.1 Å². The minimum Gasteiger partial charge on any atom is -0.472 e. The van der Waals surface area contributed by atoms with Gasteiger partial charge in [0.05, 0.1) is 17.3 Å². The topological polar surface area (TPSA) is 68.2 Å². The maximum Gasteiger partial charge on any atom is 0.417 e. The van der Waals surface area contributed by atoms with Crippen molar-refractivity contribution in [2.45, 2.75) is 38.1 Å². The van der Waals surface area contributed by atoms with Gasteiger partial charge < -0.3 is 9.64 Å². The van der Waals surface area contributed by atoms with Gasteiger partial charge in [0.1, 0.15) is 11.8 Å². The molecule has 2 aliphatic rings. The minimum absolute atomic E-state index is 0.121. The summed E-state index contributed by atoms with van der Waals surface area (Å²) in [6, 6.07) is 9.37. The number of carbonyl (C=O) groups excluding carboxylic acids is 1. The predicted molar refractivity (Wildman–Crippen MR) is 113 cm³/mol. The summed E-state index contributed by atoms with van der Waals surface area (Å²) in [5.74, 6) is 0.189. The standard InChI is InChI=1S/C24H21F3N4O2/c1-14-4-2-8-28-21(14)17-5-3-9-29-22(17)23(32)31-13-15-10-18(31)19(11-15)33-20-7-6-16(12-30-20)24(25,26)27/h2-9,12,15,18-19H,10-11,13H2,1H3/t15-,18+,19-/m1/s1. The lowest BCUT2D eigenvalue weighted by Gasteiger charge is -2.33. The number of ether oxygens (including phenoxy) is 1. The van der Waals surface area contributed by atoms with Crippen molar-refractivity contribution in [3.05, 3.63) is 71.8 Å². The smallest absolute Gasteiger partial charge is 0.417 e. The van der Waals surface area contributed by atoms with Gasteiger partial charge in [-0.3, -0.25) is 14.8 Å². The molecule has 0 N–H and O–H groups in total. The molecule has 9 heteroatoms. The SMILES string of the molecule is Cc1cccnc1-c1cccnc1C(=O)N1C[C@H]2C[C@@H](Oc3ccc(C(F)(F)F)cn3)[C@@H]1C2. The molecule has 1 saturated heterocycles. The van der Waals surface area contributed by atoms with Crippen LogP contribution in [0.4, 0.5) is 13.2 Å². The zero-order valence-corrected chi connectivity index (χ0v) is 17.8. The van der Waals surface area contributed by atoms with Gasteiger partial charge in [-0.1, -0.05) is 6.07 Å². The number of hydrogen-bond acceptors (Lipinski definition) is 5. The number of fused-ring (bicyclic) bond motifs is 2. The maximum atomic E-state index is 13.5. The number of amides is 1. The molecular weight excluding hydrogens is 433 g/mol.